The van der Waals surface area contributed by atoms with Crippen molar-refractivity contribution in [2.45, 2.75) is 32.2 Å². The van der Waals surface area contributed by atoms with E-state index in [-0.39, 0.29) is 17.9 Å². The van der Waals surface area contributed by atoms with E-state index in [4.69, 9.17) is 5.73 Å². The molecule has 0 spiro atoms. The fourth-order valence-electron chi connectivity index (χ4n) is 3.32. The third-order valence-electron chi connectivity index (χ3n) is 4.55. The number of hydrogen-bond acceptors (Lipinski definition) is 3. The maximum absolute atomic E-state index is 12.7. The SMILES string of the molecule is Cc1ccc(N)c(C(=O)N2CCC3NC(=O)CCC3C2)c1. The monoisotopic (exact) mass is 287 g/mol. The van der Waals surface area contributed by atoms with E-state index in [9.17, 15) is 9.59 Å². The van der Waals surface area contributed by atoms with Crippen molar-refractivity contribution >= 4 is 17.5 Å². The van der Waals surface area contributed by atoms with Crippen molar-refractivity contribution in [3.8, 4) is 0 Å². The van der Waals surface area contributed by atoms with Crippen molar-refractivity contribution in [2.24, 2.45) is 5.92 Å². The molecule has 0 saturated carbocycles. The van der Waals surface area contributed by atoms with Crippen LogP contribution in [-0.4, -0.2) is 35.8 Å². The van der Waals surface area contributed by atoms with Gasteiger partial charge in [0.1, 0.15) is 0 Å². The van der Waals surface area contributed by atoms with Gasteiger partial charge < -0.3 is 16.0 Å². The summed E-state index contributed by atoms with van der Waals surface area (Å²) in [7, 11) is 0. The molecule has 0 bridgehead atoms. The molecular formula is C16H21N3O2. The molecule has 3 rings (SSSR count). The van der Waals surface area contributed by atoms with Gasteiger partial charge >= 0.3 is 0 Å². The summed E-state index contributed by atoms with van der Waals surface area (Å²) >= 11 is 0. The first kappa shape index (κ1) is 13.9. The third kappa shape index (κ3) is 2.73. The Hall–Kier alpha value is -2.04. The molecule has 2 unspecified atom stereocenters. The van der Waals surface area contributed by atoms with Crippen LogP contribution in [0.2, 0.25) is 0 Å². The fraction of sp³-hybridized carbons (Fsp3) is 0.500. The molecule has 1 aromatic carbocycles. The van der Waals surface area contributed by atoms with E-state index in [1.54, 1.807) is 6.07 Å². The Morgan fingerprint density at radius 1 is 1.38 bits per heavy atom. The molecule has 2 aliphatic rings. The highest BCUT2D eigenvalue weighted by atomic mass is 16.2. The van der Waals surface area contributed by atoms with Gasteiger partial charge in [-0.2, -0.15) is 0 Å². The number of piperidine rings is 2. The lowest BCUT2D eigenvalue weighted by Gasteiger charge is -2.41. The highest BCUT2D eigenvalue weighted by Crippen LogP contribution is 2.27. The number of aryl methyl sites for hydroxylation is 1. The van der Waals surface area contributed by atoms with Crippen LogP contribution in [0.1, 0.15) is 35.2 Å². The quantitative estimate of drug-likeness (QED) is 0.765. The summed E-state index contributed by atoms with van der Waals surface area (Å²) in [5.41, 5.74) is 8.10. The van der Waals surface area contributed by atoms with E-state index in [2.05, 4.69) is 5.32 Å². The van der Waals surface area contributed by atoms with Gasteiger partial charge in [-0.05, 0) is 37.8 Å². The minimum absolute atomic E-state index is 0.00606. The van der Waals surface area contributed by atoms with Gasteiger partial charge in [0.05, 0.1) is 5.56 Å². The van der Waals surface area contributed by atoms with E-state index in [0.29, 0.717) is 36.7 Å². The third-order valence-corrected chi connectivity index (χ3v) is 4.55. The number of hydrogen-bond donors (Lipinski definition) is 2. The van der Waals surface area contributed by atoms with Crippen molar-refractivity contribution in [1.29, 1.82) is 0 Å². The Morgan fingerprint density at radius 3 is 3.00 bits per heavy atom. The smallest absolute Gasteiger partial charge is 0.255 e. The Morgan fingerprint density at radius 2 is 2.19 bits per heavy atom. The number of carbonyl (C=O) groups excluding carboxylic acids is 2. The molecule has 5 heteroatoms. The predicted octanol–water partition coefficient (Wildman–Crippen LogP) is 1.32. The summed E-state index contributed by atoms with van der Waals surface area (Å²) in [6.45, 7) is 3.34. The molecule has 112 valence electrons. The van der Waals surface area contributed by atoms with Crippen molar-refractivity contribution in [1.82, 2.24) is 10.2 Å². The minimum atomic E-state index is 0.00606. The molecule has 0 aromatic heterocycles. The van der Waals surface area contributed by atoms with E-state index in [1.165, 1.54) is 0 Å². The molecule has 2 amide bonds. The molecule has 3 N–H and O–H groups in total. The Labute approximate surface area is 124 Å². The van der Waals surface area contributed by atoms with Crippen LogP contribution in [0.4, 0.5) is 5.69 Å². The van der Waals surface area contributed by atoms with Crippen molar-refractivity contribution < 1.29 is 9.59 Å². The number of nitrogens with one attached hydrogen (secondary N) is 1. The second-order valence-corrected chi connectivity index (χ2v) is 6.10. The summed E-state index contributed by atoms with van der Waals surface area (Å²) in [6, 6.07) is 5.78. The number of nitrogen functional groups attached to an aromatic ring is 1. The summed E-state index contributed by atoms with van der Waals surface area (Å²) in [5, 5.41) is 3.04. The molecule has 0 aliphatic carbocycles. The highest BCUT2D eigenvalue weighted by Gasteiger charge is 2.35. The van der Waals surface area contributed by atoms with E-state index in [1.807, 2.05) is 24.0 Å². The van der Waals surface area contributed by atoms with Gasteiger partial charge in [-0.15, -0.1) is 0 Å². The normalized spacial score (nSPS) is 25.2. The average molecular weight is 287 g/mol. The number of amides is 2. The lowest BCUT2D eigenvalue weighted by atomic mass is 9.85. The first-order valence-electron chi connectivity index (χ1n) is 7.49. The van der Waals surface area contributed by atoms with Crippen LogP contribution in [0.3, 0.4) is 0 Å². The number of fused-ring (bicyclic) bond motifs is 1. The van der Waals surface area contributed by atoms with Crippen LogP contribution >= 0.6 is 0 Å². The predicted molar refractivity (Wildman–Crippen MR) is 80.8 cm³/mol. The summed E-state index contributed by atoms with van der Waals surface area (Å²) in [5.74, 6) is 0.511. The zero-order chi connectivity index (χ0) is 15.0. The lowest BCUT2D eigenvalue weighted by molar-refractivity contribution is -0.125. The standard InChI is InChI=1S/C16H21N3O2/c1-10-2-4-13(17)12(8-10)16(21)19-7-6-14-11(9-19)3-5-15(20)18-14/h2,4,8,11,14H,3,5-7,9,17H2,1H3,(H,18,20). The van der Waals surface area contributed by atoms with Gasteiger partial charge in [0.25, 0.3) is 5.91 Å². The van der Waals surface area contributed by atoms with Gasteiger partial charge in [-0.3, -0.25) is 9.59 Å². The van der Waals surface area contributed by atoms with Gasteiger partial charge in [-0.1, -0.05) is 11.6 Å². The minimum Gasteiger partial charge on any atom is -0.398 e. The summed E-state index contributed by atoms with van der Waals surface area (Å²) in [6.07, 6.45) is 2.26. The van der Waals surface area contributed by atoms with Crippen LogP contribution in [0, 0.1) is 12.8 Å². The second kappa shape index (κ2) is 5.39. The zero-order valence-electron chi connectivity index (χ0n) is 12.3. The van der Waals surface area contributed by atoms with Gasteiger partial charge in [0.15, 0.2) is 0 Å². The number of nitrogens with two attached hydrogens (primary N) is 1. The van der Waals surface area contributed by atoms with Gasteiger partial charge in [0, 0.05) is 31.2 Å². The summed E-state index contributed by atoms with van der Waals surface area (Å²) < 4.78 is 0. The fourth-order valence-corrected chi connectivity index (χ4v) is 3.32. The van der Waals surface area contributed by atoms with Gasteiger partial charge in [-0.25, -0.2) is 0 Å². The van der Waals surface area contributed by atoms with Crippen molar-refractivity contribution in [3.63, 3.8) is 0 Å². The second-order valence-electron chi connectivity index (χ2n) is 6.10. The number of rotatable bonds is 1. The number of nitrogens with zero attached hydrogens (tertiary/aromatic N) is 1. The number of anilines is 1. The molecule has 2 saturated heterocycles. The molecule has 2 fully saturated rings. The van der Waals surface area contributed by atoms with E-state index < -0.39 is 0 Å². The molecule has 2 atom stereocenters. The molecule has 21 heavy (non-hydrogen) atoms. The highest BCUT2D eigenvalue weighted by molar-refractivity contribution is 5.99. The number of benzene rings is 1. The Balaban J connectivity index is 1.74. The topological polar surface area (TPSA) is 75.4 Å². The van der Waals surface area contributed by atoms with Crippen molar-refractivity contribution in [3.05, 3.63) is 29.3 Å². The van der Waals surface area contributed by atoms with E-state index in [0.717, 1.165) is 18.4 Å². The molecule has 2 aliphatic heterocycles. The molecule has 1 aromatic rings. The number of likely N-dealkylation sites (tertiary alicyclic amines) is 1. The maximum atomic E-state index is 12.7. The van der Waals surface area contributed by atoms with Crippen molar-refractivity contribution in [2.75, 3.05) is 18.8 Å². The molecule has 2 heterocycles. The van der Waals surface area contributed by atoms with Crippen LogP contribution in [0.15, 0.2) is 18.2 Å². The zero-order valence-corrected chi connectivity index (χ0v) is 12.3. The molecule has 5 nitrogen and oxygen atoms in total. The van der Waals surface area contributed by atoms with Crippen LogP contribution < -0.4 is 11.1 Å². The van der Waals surface area contributed by atoms with Crippen LogP contribution in [0.25, 0.3) is 0 Å². The first-order valence-corrected chi connectivity index (χ1v) is 7.49. The lowest BCUT2D eigenvalue weighted by Crippen LogP contribution is -2.55. The molecule has 0 radical (unpaired) electrons. The Bertz CT molecular complexity index is 585. The van der Waals surface area contributed by atoms with E-state index >= 15 is 0 Å². The summed E-state index contributed by atoms with van der Waals surface area (Å²) in [4.78, 5) is 26.0. The first-order chi connectivity index (χ1) is 10.0. The Kier molecular flexibility index (Phi) is 3.57. The number of carbonyl (C=O) groups is 2. The maximum Gasteiger partial charge on any atom is 0.255 e. The van der Waals surface area contributed by atoms with Crippen LogP contribution in [-0.2, 0) is 4.79 Å². The average Bonchev–Trinajstić information content (AvgIpc) is 2.48. The molecular weight excluding hydrogens is 266 g/mol. The largest absolute Gasteiger partial charge is 0.398 e. The van der Waals surface area contributed by atoms with Crippen LogP contribution in [0.5, 0.6) is 0 Å². The van der Waals surface area contributed by atoms with Gasteiger partial charge in [0.2, 0.25) is 5.91 Å².